The van der Waals surface area contributed by atoms with Gasteiger partial charge in [-0.1, -0.05) is 36.4 Å². The van der Waals surface area contributed by atoms with Crippen LogP contribution in [0.15, 0.2) is 54.7 Å². The average Bonchev–Trinajstić information content (AvgIpc) is 2.93. The standard InChI is InChI=1S/C17H18N2O.ClH/c1-20-17-9-5-3-7-13(17)14(10-18)15-11-19-16-8-4-2-6-12(15)16;/h2-9,11,14,19H,10,18H2,1H3;1H. The van der Waals surface area contributed by atoms with Crippen LogP contribution in [0.2, 0.25) is 0 Å². The molecule has 0 bridgehead atoms. The molecule has 0 aliphatic rings. The second-order valence-corrected chi connectivity index (χ2v) is 4.82. The number of aromatic nitrogens is 1. The third-order valence-corrected chi connectivity index (χ3v) is 3.75. The number of ether oxygens (including phenoxy) is 1. The van der Waals surface area contributed by atoms with Crippen LogP contribution >= 0.6 is 12.4 Å². The molecule has 3 aromatic rings. The van der Waals surface area contributed by atoms with Gasteiger partial charge < -0.3 is 15.5 Å². The molecule has 3 N–H and O–H groups in total. The van der Waals surface area contributed by atoms with E-state index >= 15 is 0 Å². The van der Waals surface area contributed by atoms with Crippen LogP contribution in [0.4, 0.5) is 0 Å². The first-order chi connectivity index (χ1) is 9.85. The minimum atomic E-state index is 0. The molecule has 0 saturated heterocycles. The fraction of sp³-hybridized carbons (Fsp3) is 0.176. The van der Waals surface area contributed by atoms with Gasteiger partial charge in [-0.3, -0.25) is 0 Å². The van der Waals surface area contributed by atoms with Crippen LogP contribution < -0.4 is 10.5 Å². The number of aromatic amines is 1. The number of nitrogens with one attached hydrogen (secondary N) is 1. The molecule has 0 amide bonds. The molecule has 1 unspecified atom stereocenters. The van der Waals surface area contributed by atoms with Crippen LogP contribution in [0.1, 0.15) is 17.0 Å². The van der Waals surface area contributed by atoms with Gasteiger partial charge in [-0.2, -0.15) is 0 Å². The predicted molar refractivity (Wildman–Crippen MR) is 89.4 cm³/mol. The van der Waals surface area contributed by atoms with Gasteiger partial charge in [0.25, 0.3) is 0 Å². The van der Waals surface area contributed by atoms with E-state index in [1.165, 1.54) is 10.9 Å². The molecule has 21 heavy (non-hydrogen) atoms. The first-order valence-corrected chi connectivity index (χ1v) is 6.74. The smallest absolute Gasteiger partial charge is 0.122 e. The second-order valence-electron chi connectivity index (χ2n) is 4.82. The molecule has 0 spiro atoms. The van der Waals surface area contributed by atoms with E-state index in [1.54, 1.807) is 7.11 Å². The number of nitrogens with two attached hydrogens (primary N) is 1. The van der Waals surface area contributed by atoms with Crippen molar-refractivity contribution in [3.63, 3.8) is 0 Å². The predicted octanol–water partition coefficient (Wildman–Crippen LogP) is 3.69. The lowest BCUT2D eigenvalue weighted by atomic mass is 9.90. The van der Waals surface area contributed by atoms with Crippen molar-refractivity contribution in [1.82, 2.24) is 4.98 Å². The lowest BCUT2D eigenvalue weighted by Gasteiger charge is -2.18. The molecule has 4 heteroatoms. The lowest BCUT2D eigenvalue weighted by molar-refractivity contribution is 0.408. The Hall–Kier alpha value is -1.97. The number of methoxy groups -OCH3 is 1. The maximum absolute atomic E-state index is 6.04. The normalized spacial score (nSPS) is 11.9. The van der Waals surface area contributed by atoms with Crippen LogP contribution in [0.5, 0.6) is 5.75 Å². The maximum Gasteiger partial charge on any atom is 0.122 e. The zero-order valence-corrected chi connectivity index (χ0v) is 12.7. The summed E-state index contributed by atoms with van der Waals surface area (Å²) in [6, 6.07) is 16.3. The first kappa shape index (κ1) is 15.4. The van der Waals surface area contributed by atoms with Crippen molar-refractivity contribution in [3.8, 4) is 5.75 Å². The molecule has 110 valence electrons. The van der Waals surface area contributed by atoms with Gasteiger partial charge in [0.15, 0.2) is 0 Å². The molecule has 0 radical (unpaired) electrons. The summed E-state index contributed by atoms with van der Waals surface area (Å²) in [6.45, 7) is 0.544. The van der Waals surface area contributed by atoms with Crippen molar-refractivity contribution in [2.24, 2.45) is 5.73 Å². The van der Waals surface area contributed by atoms with Crippen molar-refractivity contribution >= 4 is 23.3 Å². The third-order valence-electron chi connectivity index (χ3n) is 3.75. The average molecular weight is 303 g/mol. The summed E-state index contributed by atoms with van der Waals surface area (Å²) >= 11 is 0. The van der Waals surface area contributed by atoms with E-state index in [4.69, 9.17) is 10.5 Å². The zero-order chi connectivity index (χ0) is 13.9. The molecular weight excluding hydrogens is 284 g/mol. The van der Waals surface area contributed by atoms with Gasteiger partial charge in [-0.25, -0.2) is 0 Å². The number of fused-ring (bicyclic) bond motifs is 1. The summed E-state index contributed by atoms with van der Waals surface area (Å²) in [5.74, 6) is 1.01. The van der Waals surface area contributed by atoms with Crippen molar-refractivity contribution in [3.05, 3.63) is 65.9 Å². The van der Waals surface area contributed by atoms with Crippen LogP contribution in [-0.2, 0) is 0 Å². The Balaban J connectivity index is 0.00000161. The van der Waals surface area contributed by atoms with Crippen LogP contribution in [0.25, 0.3) is 10.9 Å². The minimum absolute atomic E-state index is 0. The fourth-order valence-electron chi connectivity index (χ4n) is 2.76. The second kappa shape index (κ2) is 6.66. The maximum atomic E-state index is 6.04. The summed E-state index contributed by atoms with van der Waals surface area (Å²) in [7, 11) is 1.70. The highest BCUT2D eigenvalue weighted by Crippen LogP contribution is 2.34. The van der Waals surface area contributed by atoms with Crippen molar-refractivity contribution in [2.45, 2.75) is 5.92 Å². The van der Waals surface area contributed by atoms with Gasteiger partial charge in [-0.15, -0.1) is 12.4 Å². The largest absolute Gasteiger partial charge is 0.496 e. The highest BCUT2D eigenvalue weighted by Gasteiger charge is 2.19. The Bertz CT molecular complexity index is 723. The quantitative estimate of drug-likeness (QED) is 0.772. The van der Waals surface area contributed by atoms with Gasteiger partial charge in [0.2, 0.25) is 0 Å². The van der Waals surface area contributed by atoms with E-state index in [1.807, 2.05) is 24.3 Å². The third kappa shape index (κ3) is 2.75. The van der Waals surface area contributed by atoms with Gasteiger partial charge in [0.05, 0.1) is 7.11 Å². The van der Waals surface area contributed by atoms with Gasteiger partial charge in [-0.05, 0) is 17.7 Å². The number of halogens is 1. The Morgan fingerprint density at radius 3 is 2.52 bits per heavy atom. The van der Waals surface area contributed by atoms with Gasteiger partial charge in [0.1, 0.15) is 5.75 Å². The number of H-pyrrole nitrogens is 1. The SMILES string of the molecule is COc1ccccc1C(CN)c1c[nH]c2ccccc12.Cl. The molecule has 0 fully saturated rings. The summed E-state index contributed by atoms with van der Waals surface area (Å²) in [6.07, 6.45) is 2.05. The van der Waals surface area contributed by atoms with E-state index in [-0.39, 0.29) is 18.3 Å². The molecule has 1 heterocycles. The lowest BCUT2D eigenvalue weighted by Crippen LogP contribution is -2.14. The Kier molecular flexibility index (Phi) is 4.89. The molecule has 3 rings (SSSR count). The van der Waals surface area contributed by atoms with Gasteiger partial charge >= 0.3 is 0 Å². The van der Waals surface area contributed by atoms with Crippen LogP contribution in [0.3, 0.4) is 0 Å². The van der Waals surface area contributed by atoms with E-state index < -0.39 is 0 Å². The van der Waals surface area contributed by atoms with Crippen molar-refractivity contribution in [2.75, 3.05) is 13.7 Å². The van der Waals surface area contributed by atoms with E-state index in [2.05, 4.69) is 35.4 Å². The Morgan fingerprint density at radius 1 is 1.05 bits per heavy atom. The van der Waals surface area contributed by atoms with Crippen molar-refractivity contribution in [1.29, 1.82) is 0 Å². The van der Waals surface area contributed by atoms with E-state index in [0.717, 1.165) is 16.8 Å². The number of para-hydroxylation sites is 2. The van der Waals surface area contributed by atoms with Crippen LogP contribution in [0, 0.1) is 0 Å². The topological polar surface area (TPSA) is 51.0 Å². The number of rotatable bonds is 4. The minimum Gasteiger partial charge on any atom is -0.496 e. The highest BCUT2D eigenvalue weighted by molar-refractivity contribution is 5.85. The van der Waals surface area contributed by atoms with Crippen molar-refractivity contribution < 1.29 is 4.74 Å². The molecule has 1 atom stereocenters. The number of hydrogen-bond donors (Lipinski definition) is 2. The first-order valence-electron chi connectivity index (χ1n) is 6.74. The fourth-order valence-corrected chi connectivity index (χ4v) is 2.76. The zero-order valence-electron chi connectivity index (χ0n) is 11.9. The monoisotopic (exact) mass is 302 g/mol. The molecule has 0 saturated carbocycles. The van der Waals surface area contributed by atoms with Gasteiger partial charge in [0, 0.05) is 35.1 Å². The Morgan fingerprint density at radius 2 is 1.76 bits per heavy atom. The molecule has 0 aliphatic carbocycles. The number of benzene rings is 2. The molecule has 2 aromatic carbocycles. The summed E-state index contributed by atoms with van der Waals surface area (Å²) < 4.78 is 5.47. The molecule has 0 aliphatic heterocycles. The molecular formula is C17H19ClN2O. The summed E-state index contributed by atoms with van der Waals surface area (Å²) in [5, 5.41) is 1.22. The van der Waals surface area contributed by atoms with E-state index in [0.29, 0.717) is 6.54 Å². The summed E-state index contributed by atoms with van der Waals surface area (Å²) in [4.78, 5) is 3.31. The molecule has 3 nitrogen and oxygen atoms in total. The highest BCUT2D eigenvalue weighted by atomic mass is 35.5. The summed E-state index contributed by atoms with van der Waals surface area (Å²) in [5.41, 5.74) is 9.52. The Labute approximate surface area is 130 Å². The molecule has 1 aromatic heterocycles. The van der Waals surface area contributed by atoms with Crippen LogP contribution in [-0.4, -0.2) is 18.6 Å². The number of hydrogen-bond acceptors (Lipinski definition) is 2. The van der Waals surface area contributed by atoms with E-state index in [9.17, 15) is 0 Å².